The highest BCUT2D eigenvalue weighted by molar-refractivity contribution is 7.20. The number of carbonyl (C=O) groups excluding carboxylic acids is 1. The van der Waals surface area contributed by atoms with E-state index in [0.29, 0.717) is 57.6 Å². The molecule has 1 aliphatic heterocycles. The standard InChI is InChI=1S/C25H31N3O4S/c1-4-13-31-18-11-10-17(15-19(18)32-14-5-2)26-23(29)22-16(3)21-24(33-22)27-20-9-7-6-8-12-28(20)25(21)30/h10-11,15H,4-9,12-14H2,1-3H3,(H,26,29). The predicted octanol–water partition coefficient (Wildman–Crippen LogP) is 5.32. The molecule has 4 rings (SSSR count). The number of aromatic nitrogens is 2. The number of benzene rings is 1. The summed E-state index contributed by atoms with van der Waals surface area (Å²) in [6, 6.07) is 5.41. The lowest BCUT2D eigenvalue weighted by Gasteiger charge is -2.14. The topological polar surface area (TPSA) is 82.5 Å². The zero-order valence-corrected chi connectivity index (χ0v) is 20.3. The van der Waals surface area contributed by atoms with Crippen LogP contribution in [0.3, 0.4) is 0 Å². The molecule has 1 N–H and O–H groups in total. The summed E-state index contributed by atoms with van der Waals surface area (Å²) in [5.41, 5.74) is 1.28. The molecule has 0 radical (unpaired) electrons. The van der Waals surface area contributed by atoms with Gasteiger partial charge in [-0.15, -0.1) is 11.3 Å². The van der Waals surface area contributed by atoms with Crippen molar-refractivity contribution >= 4 is 33.1 Å². The van der Waals surface area contributed by atoms with Crippen LogP contribution in [0.2, 0.25) is 0 Å². The highest BCUT2D eigenvalue weighted by atomic mass is 32.1. The number of hydrogen-bond acceptors (Lipinski definition) is 6. The average Bonchev–Trinajstić information content (AvgIpc) is 2.97. The van der Waals surface area contributed by atoms with Crippen molar-refractivity contribution in [3.63, 3.8) is 0 Å². The molecule has 0 aliphatic carbocycles. The molecule has 0 bridgehead atoms. The lowest BCUT2D eigenvalue weighted by atomic mass is 10.2. The molecular formula is C25H31N3O4S. The third-order valence-corrected chi connectivity index (χ3v) is 6.93. The molecule has 1 amide bonds. The van der Waals surface area contributed by atoms with Gasteiger partial charge >= 0.3 is 0 Å². The van der Waals surface area contributed by atoms with E-state index >= 15 is 0 Å². The summed E-state index contributed by atoms with van der Waals surface area (Å²) in [6.45, 7) is 7.78. The zero-order valence-electron chi connectivity index (χ0n) is 19.5. The van der Waals surface area contributed by atoms with Gasteiger partial charge in [0.25, 0.3) is 11.5 Å². The molecule has 0 saturated carbocycles. The number of amides is 1. The number of thiophene rings is 1. The van der Waals surface area contributed by atoms with Crippen LogP contribution >= 0.6 is 11.3 Å². The fourth-order valence-electron chi connectivity index (χ4n) is 4.06. The number of hydrogen-bond donors (Lipinski definition) is 1. The molecule has 3 aromatic rings. The molecule has 2 aromatic heterocycles. The fraction of sp³-hybridized carbons (Fsp3) is 0.480. The van der Waals surface area contributed by atoms with Gasteiger partial charge in [0.2, 0.25) is 0 Å². The number of nitrogens with zero attached hydrogens (tertiary/aromatic N) is 2. The van der Waals surface area contributed by atoms with Gasteiger partial charge in [-0.25, -0.2) is 4.98 Å². The minimum atomic E-state index is -0.251. The third-order valence-electron chi connectivity index (χ3n) is 5.74. The monoisotopic (exact) mass is 469 g/mol. The van der Waals surface area contributed by atoms with E-state index in [-0.39, 0.29) is 11.5 Å². The van der Waals surface area contributed by atoms with Crippen molar-refractivity contribution < 1.29 is 14.3 Å². The second-order valence-electron chi connectivity index (χ2n) is 8.34. The Morgan fingerprint density at radius 3 is 2.64 bits per heavy atom. The Balaban J connectivity index is 1.63. The van der Waals surface area contributed by atoms with E-state index in [1.54, 1.807) is 16.7 Å². The number of aryl methyl sites for hydroxylation is 2. The van der Waals surface area contributed by atoms with Crippen LogP contribution in [0.5, 0.6) is 11.5 Å². The predicted molar refractivity (Wildman–Crippen MR) is 132 cm³/mol. The minimum absolute atomic E-state index is 0.0302. The average molecular weight is 470 g/mol. The van der Waals surface area contributed by atoms with Crippen molar-refractivity contribution in [1.29, 1.82) is 0 Å². The number of ether oxygens (including phenoxy) is 2. The van der Waals surface area contributed by atoms with Gasteiger partial charge < -0.3 is 14.8 Å². The Kier molecular flexibility index (Phi) is 7.33. The normalized spacial score (nSPS) is 13.4. The van der Waals surface area contributed by atoms with E-state index in [1.807, 2.05) is 26.8 Å². The quantitative estimate of drug-likeness (QED) is 0.483. The molecule has 0 saturated heterocycles. The van der Waals surface area contributed by atoms with Crippen molar-refractivity contribution in [2.75, 3.05) is 18.5 Å². The second kappa shape index (κ2) is 10.4. The maximum atomic E-state index is 13.2. The molecule has 0 spiro atoms. The van der Waals surface area contributed by atoms with E-state index in [9.17, 15) is 9.59 Å². The van der Waals surface area contributed by atoms with Crippen LogP contribution < -0.4 is 20.3 Å². The van der Waals surface area contributed by atoms with Crippen molar-refractivity contribution in [1.82, 2.24) is 9.55 Å². The van der Waals surface area contributed by atoms with Gasteiger partial charge in [0.05, 0.1) is 23.5 Å². The molecule has 0 atom stereocenters. The molecule has 33 heavy (non-hydrogen) atoms. The molecule has 1 aliphatic rings. The van der Waals surface area contributed by atoms with Gasteiger partial charge in [-0.05, 0) is 50.3 Å². The summed E-state index contributed by atoms with van der Waals surface area (Å²) in [5, 5.41) is 3.52. The second-order valence-corrected chi connectivity index (χ2v) is 9.34. The Hall–Kier alpha value is -2.87. The van der Waals surface area contributed by atoms with Gasteiger partial charge in [0.1, 0.15) is 10.7 Å². The number of carbonyl (C=O) groups is 1. The molecular weight excluding hydrogens is 438 g/mol. The number of rotatable bonds is 8. The van der Waals surface area contributed by atoms with E-state index in [0.717, 1.165) is 44.3 Å². The van der Waals surface area contributed by atoms with Crippen LogP contribution in [-0.4, -0.2) is 28.7 Å². The first-order valence-electron chi connectivity index (χ1n) is 11.8. The van der Waals surface area contributed by atoms with Crippen LogP contribution in [0.1, 0.15) is 67.0 Å². The molecule has 7 nitrogen and oxygen atoms in total. The number of fused-ring (bicyclic) bond motifs is 2. The summed E-state index contributed by atoms with van der Waals surface area (Å²) >= 11 is 1.28. The molecule has 1 aromatic carbocycles. The van der Waals surface area contributed by atoms with Gasteiger partial charge in [-0.2, -0.15) is 0 Å². The summed E-state index contributed by atoms with van der Waals surface area (Å²) in [5.74, 6) is 1.86. The highest BCUT2D eigenvalue weighted by Crippen LogP contribution is 2.33. The molecule has 0 unspecified atom stereocenters. The number of nitrogens with one attached hydrogen (secondary N) is 1. The van der Waals surface area contributed by atoms with Crippen molar-refractivity contribution in [3.05, 3.63) is 44.8 Å². The summed E-state index contributed by atoms with van der Waals surface area (Å²) in [6.07, 6.45) is 5.70. The van der Waals surface area contributed by atoms with Crippen LogP contribution in [-0.2, 0) is 13.0 Å². The van der Waals surface area contributed by atoms with E-state index < -0.39 is 0 Å². The van der Waals surface area contributed by atoms with Crippen molar-refractivity contribution in [2.45, 2.75) is 65.8 Å². The largest absolute Gasteiger partial charge is 0.490 e. The first-order chi connectivity index (χ1) is 16.0. The Bertz CT molecular complexity index is 1210. The van der Waals surface area contributed by atoms with E-state index in [4.69, 9.17) is 14.5 Å². The fourth-order valence-corrected chi connectivity index (χ4v) is 5.14. The molecule has 0 fully saturated rings. The van der Waals surface area contributed by atoms with Gasteiger partial charge in [0.15, 0.2) is 11.5 Å². The van der Waals surface area contributed by atoms with Crippen molar-refractivity contribution in [3.8, 4) is 11.5 Å². The number of anilines is 1. The lowest BCUT2D eigenvalue weighted by Crippen LogP contribution is -2.24. The molecule has 8 heteroatoms. The van der Waals surface area contributed by atoms with Gasteiger partial charge in [-0.3, -0.25) is 14.2 Å². The Morgan fingerprint density at radius 2 is 1.88 bits per heavy atom. The maximum Gasteiger partial charge on any atom is 0.266 e. The van der Waals surface area contributed by atoms with Gasteiger partial charge in [0, 0.05) is 24.7 Å². The zero-order chi connectivity index (χ0) is 23.4. The van der Waals surface area contributed by atoms with Crippen LogP contribution in [0.15, 0.2) is 23.0 Å². The van der Waals surface area contributed by atoms with E-state index in [1.165, 1.54) is 11.3 Å². The maximum absolute atomic E-state index is 13.2. The molecule has 176 valence electrons. The third kappa shape index (κ3) is 4.90. The SMILES string of the molecule is CCCOc1ccc(NC(=O)c2sc3nc4n(c(=O)c3c2C)CCCCC4)cc1OCCC. The minimum Gasteiger partial charge on any atom is -0.490 e. The van der Waals surface area contributed by atoms with Crippen LogP contribution in [0.4, 0.5) is 5.69 Å². The first-order valence-corrected chi connectivity index (χ1v) is 12.6. The Labute approximate surface area is 197 Å². The summed E-state index contributed by atoms with van der Waals surface area (Å²) in [7, 11) is 0. The summed E-state index contributed by atoms with van der Waals surface area (Å²) in [4.78, 5) is 32.3. The lowest BCUT2D eigenvalue weighted by molar-refractivity contribution is 0.103. The smallest absolute Gasteiger partial charge is 0.266 e. The van der Waals surface area contributed by atoms with Crippen molar-refractivity contribution in [2.24, 2.45) is 0 Å². The van der Waals surface area contributed by atoms with Gasteiger partial charge in [-0.1, -0.05) is 20.3 Å². The summed E-state index contributed by atoms with van der Waals surface area (Å²) < 4.78 is 13.4. The first kappa shape index (κ1) is 23.3. The van der Waals surface area contributed by atoms with Crippen LogP contribution in [0.25, 0.3) is 10.2 Å². The Morgan fingerprint density at radius 1 is 1.12 bits per heavy atom. The molecule has 3 heterocycles. The van der Waals surface area contributed by atoms with Crippen LogP contribution in [0, 0.1) is 6.92 Å². The highest BCUT2D eigenvalue weighted by Gasteiger charge is 2.22. The van der Waals surface area contributed by atoms with E-state index in [2.05, 4.69) is 5.32 Å².